The van der Waals surface area contributed by atoms with Gasteiger partial charge in [0.25, 0.3) is 0 Å². The highest BCUT2D eigenvalue weighted by atomic mass is 35.5. The van der Waals surface area contributed by atoms with Crippen LogP contribution in [-0.2, 0) is 0 Å². The predicted molar refractivity (Wildman–Crippen MR) is 104 cm³/mol. The van der Waals surface area contributed by atoms with Crippen LogP contribution in [0.1, 0.15) is 30.2 Å². The summed E-state index contributed by atoms with van der Waals surface area (Å²) in [6.45, 7) is 3.46. The molecular formula is C21H20ClN3O2. The van der Waals surface area contributed by atoms with Gasteiger partial charge in [-0.3, -0.25) is 4.90 Å². The number of halogens is 1. The van der Waals surface area contributed by atoms with Crippen LogP contribution in [0.15, 0.2) is 46.9 Å². The zero-order valence-electron chi connectivity index (χ0n) is 14.9. The normalized spacial score (nSPS) is 15.7. The van der Waals surface area contributed by atoms with E-state index in [2.05, 4.69) is 16.0 Å². The van der Waals surface area contributed by atoms with Crippen LogP contribution >= 0.6 is 11.6 Å². The van der Waals surface area contributed by atoms with Crippen LogP contribution in [0.25, 0.3) is 11.1 Å². The second kappa shape index (κ2) is 7.99. The van der Waals surface area contributed by atoms with E-state index in [1.54, 1.807) is 12.1 Å². The van der Waals surface area contributed by atoms with Crippen LogP contribution in [0.5, 0.6) is 5.75 Å². The molecule has 138 valence electrons. The fourth-order valence-corrected chi connectivity index (χ4v) is 3.61. The summed E-state index contributed by atoms with van der Waals surface area (Å²) < 4.78 is 11.7. The van der Waals surface area contributed by atoms with E-state index in [9.17, 15) is 0 Å². The summed E-state index contributed by atoms with van der Waals surface area (Å²) in [5.41, 5.74) is 2.24. The molecule has 0 spiro atoms. The van der Waals surface area contributed by atoms with Gasteiger partial charge in [0, 0.05) is 17.5 Å². The minimum atomic E-state index is 0.348. The number of hydrogen-bond donors (Lipinski definition) is 0. The van der Waals surface area contributed by atoms with E-state index >= 15 is 0 Å². The van der Waals surface area contributed by atoms with Crippen LogP contribution in [0.3, 0.4) is 0 Å². The van der Waals surface area contributed by atoms with E-state index in [1.807, 2.05) is 30.3 Å². The van der Waals surface area contributed by atoms with Gasteiger partial charge in [0.1, 0.15) is 17.9 Å². The topological polar surface area (TPSA) is 62.3 Å². The average molecular weight is 382 g/mol. The average Bonchev–Trinajstić information content (AvgIpc) is 3.12. The van der Waals surface area contributed by atoms with Crippen molar-refractivity contribution in [2.45, 2.75) is 18.8 Å². The van der Waals surface area contributed by atoms with Crippen LogP contribution < -0.4 is 4.74 Å². The van der Waals surface area contributed by atoms with E-state index in [1.165, 1.54) is 0 Å². The van der Waals surface area contributed by atoms with Gasteiger partial charge in [-0.25, -0.2) is 4.98 Å². The first-order valence-corrected chi connectivity index (χ1v) is 9.50. The summed E-state index contributed by atoms with van der Waals surface area (Å²) in [7, 11) is 0. The largest absolute Gasteiger partial charge is 0.492 e. The molecule has 5 nitrogen and oxygen atoms in total. The molecule has 0 saturated carbocycles. The van der Waals surface area contributed by atoms with Crippen LogP contribution in [-0.4, -0.2) is 36.1 Å². The molecule has 6 heteroatoms. The maximum absolute atomic E-state index is 8.94. The summed E-state index contributed by atoms with van der Waals surface area (Å²) in [6.07, 6.45) is 2.04. The first-order valence-electron chi connectivity index (χ1n) is 9.12. The summed E-state index contributed by atoms with van der Waals surface area (Å²) in [4.78, 5) is 7.01. The van der Waals surface area contributed by atoms with E-state index in [0.29, 0.717) is 23.1 Å². The molecule has 0 amide bonds. The third kappa shape index (κ3) is 4.24. The van der Waals surface area contributed by atoms with E-state index in [4.69, 9.17) is 26.0 Å². The molecule has 2 heterocycles. The zero-order valence-corrected chi connectivity index (χ0v) is 15.7. The number of ether oxygens (including phenoxy) is 1. The van der Waals surface area contributed by atoms with Crippen LogP contribution in [0, 0.1) is 11.3 Å². The number of likely N-dealkylation sites (tertiary alicyclic amines) is 1. The number of nitriles is 1. The minimum Gasteiger partial charge on any atom is -0.492 e. The first-order chi connectivity index (χ1) is 13.2. The molecule has 0 bridgehead atoms. The lowest BCUT2D eigenvalue weighted by Gasteiger charge is -2.30. The number of benzene rings is 2. The summed E-state index contributed by atoms with van der Waals surface area (Å²) in [6, 6.07) is 14.9. The van der Waals surface area contributed by atoms with E-state index in [0.717, 1.165) is 55.2 Å². The Balaban J connectivity index is 1.27. The van der Waals surface area contributed by atoms with E-state index in [-0.39, 0.29) is 0 Å². The molecule has 0 aliphatic carbocycles. The Kier molecular flexibility index (Phi) is 5.28. The molecule has 0 unspecified atom stereocenters. The third-order valence-electron chi connectivity index (χ3n) is 4.94. The Hall–Kier alpha value is -2.55. The van der Waals surface area contributed by atoms with Crippen molar-refractivity contribution in [1.29, 1.82) is 5.26 Å². The smallest absolute Gasteiger partial charge is 0.198 e. The summed E-state index contributed by atoms with van der Waals surface area (Å²) in [5, 5.41) is 9.62. The van der Waals surface area contributed by atoms with Crippen molar-refractivity contribution >= 4 is 22.7 Å². The second-order valence-electron chi connectivity index (χ2n) is 6.77. The molecule has 4 rings (SSSR count). The Morgan fingerprint density at radius 2 is 2.07 bits per heavy atom. The van der Waals surface area contributed by atoms with Gasteiger partial charge in [0.15, 0.2) is 11.5 Å². The van der Waals surface area contributed by atoms with Gasteiger partial charge in [0.2, 0.25) is 0 Å². The molecular weight excluding hydrogens is 362 g/mol. The van der Waals surface area contributed by atoms with Crippen molar-refractivity contribution < 1.29 is 9.15 Å². The molecule has 1 saturated heterocycles. The predicted octanol–water partition coefficient (Wildman–Crippen LogP) is 4.61. The van der Waals surface area contributed by atoms with Crippen molar-refractivity contribution in [3.63, 3.8) is 0 Å². The fraction of sp³-hybridized carbons (Fsp3) is 0.333. The Morgan fingerprint density at radius 3 is 2.89 bits per heavy atom. The van der Waals surface area contributed by atoms with Gasteiger partial charge in [-0.05, 0) is 62.3 Å². The molecule has 0 radical (unpaired) electrons. The van der Waals surface area contributed by atoms with Crippen molar-refractivity contribution in [2.24, 2.45) is 0 Å². The van der Waals surface area contributed by atoms with Crippen molar-refractivity contribution in [3.8, 4) is 11.8 Å². The van der Waals surface area contributed by atoms with Gasteiger partial charge < -0.3 is 9.15 Å². The SMILES string of the molecule is N#Cc1cccc(OCCN2CCC(c3nc4cc(Cl)ccc4o3)CC2)c1. The highest BCUT2D eigenvalue weighted by molar-refractivity contribution is 6.31. The molecule has 1 aliphatic rings. The van der Waals surface area contributed by atoms with Crippen molar-refractivity contribution in [1.82, 2.24) is 9.88 Å². The maximum Gasteiger partial charge on any atom is 0.198 e. The third-order valence-corrected chi connectivity index (χ3v) is 5.18. The van der Waals surface area contributed by atoms with Crippen molar-refractivity contribution in [2.75, 3.05) is 26.2 Å². The molecule has 3 aromatic rings. The number of piperidine rings is 1. The number of oxazole rings is 1. The van der Waals surface area contributed by atoms with Crippen LogP contribution in [0.2, 0.25) is 5.02 Å². The number of nitrogens with zero attached hydrogens (tertiary/aromatic N) is 3. The zero-order chi connectivity index (χ0) is 18.6. The summed E-state index contributed by atoms with van der Waals surface area (Å²) in [5.74, 6) is 1.91. The van der Waals surface area contributed by atoms with Crippen molar-refractivity contribution in [3.05, 3.63) is 58.9 Å². The van der Waals surface area contributed by atoms with E-state index < -0.39 is 0 Å². The maximum atomic E-state index is 8.94. The molecule has 0 N–H and O–H groups in total. The fourth-order valence-electron chi connectivity index (χ4n) is 3.44. The first kappa shape index (κ1) is 17.8. The number of hydrogen-bond acceptors (Lipinski definition) is 5. The molecule has 1 aromatic heterocycles. The monoisotopic (exact) mass is 381 g/mol. The Labute approximate surface area is 163 Å². The lowest BCUT2D eigenvalue weighted by Crippen LogP contribution is -2.35. The van der Waals surface area contributed by atoms with Crippen LogP contribution in [0.4, 0.5) is 0 Å². The standard InChI is InChI=1S/C21H20ClN3O2/c22-17-4-5-20-19(13-17)24-21(27-20)16-6-8-25(9-7-16)10-11-26-18-3-1-2-15(12-18)14-23/h1-5,12-13,16H,6-11H2. The van der Waals surface area contributed by atoms with Gasteiger partial charge >= 0.3 is 0 Å². The number of rotatable bonds is 5. The highest BCUT2D eigenvalue weighted by Gasteiger charge is 2.24. The molecule has 1 fully saturated rings. The molecule has 0 atom stereocenters. The molecule has 1 aliphatic heterocycles. The lowest BCUT2D eigenvalue weighted by molar-refractivity contribution is 0.167. The molecule has 27 heavy (non-hydrogen) atoms. The summed E-state index contributed by atoms with van der Waals surface area (Å²) >= 11 is 6.03. The van der Waals surface area contributed by atoms with Gasteiger partial charge in [-0.1, -0.05) is 17.7 Å². The Morgan fingerprint density at radius 1 is 1.22 bits per heavy atom. The van der Waals surface area contributed by atoms with Gasteiger partial charge in [0.05, 0.1) is 11.6 Å². The number of fused-ring (bicyclic) bond motifs is 1. The second-order valence-corrected chi connectivity index (χ2v) is 7.20. The number of aromatic nitrogens is 1. The van der Waals surface area contributed by atoms with Gasteiger partial charge in [-0.2, -0.15) is 5.26 Å². The minimum absolute atomic E-state index is 0.348. The van der Waals surface area contributed by atoms with Gasteiger partial charge in [-0.15, -0.1) is 0 Å². The highest BCUT2D eigenvalue weighted by Crippen LogP contribution is 2.30. The lowest BCUT2D eigenvalue weighted by atomic mass is 9.97. The quantitative estimate of drug-likeness (QED) is 0.645. The molecule has 2 aromatic carbocycles. The Bertz CT molecular complexity index is 971.